The summed E-state index contributed by atoms with van der Waals surface area (Å²) < 4.78 is 7.19. The third-order valence-corrected chi connectivity index (χ3v) is 5.34. The molecule has 0 unspecified atom stereocenters. The molecule has 1 saturated heterocycles. The number of benzene rings is 1. The van der Waals surface area contributed by atoms with Crippen molar-refractivity contribution in [2.24, 2.45) is 5.92 Å². The summed E-state index contributed by atoms with van der Waals surface area (Å²) in [5.74, 6) is 11.4. The lowest BCUT2D eigenvalue weighted by Gasteiger charge is -2.43. The van der Waals surface area contributed by atoms with Gasteiger partial charge in [-0.25, -0.2) is 4.68 Å². The predicted molar refractivity (Wildman–Crippen MR) is 109 cm³/mol. The zero-order valence-electron chi connectivity index (χ0n) is 15.9. The van der Waals surface area contributed by atoms with Crippen LogP contribution in [0.25, 0.3) is 5.69 Å². The number of nitrogens with zero attached hydrogens (tertiary/aromatic N) is 2. The van der Waals surface area contributed by atoms with Gasteiger partial charge in [0.05, 0.1) is 24.1 Å². The molecule has 0 bridgehead atoms. The van der Waals surface area contributed by atoms with Crippen molar-refractivity contribution >= 4 is 11.6 Å². The molecule has 5 atom stereocenters. The van der Waals surface area contributed by atoms with Crippen molar-refractivity contribution in [3.63, 3.8) is 0 Å². The summed E-state index contributed by atoms with van der Waals surface area (Å²) >= 11 is 6.01. The molecule has 7 nitrogen and oxygen atoms in total. The van der Waals surface area contributed by atoms with E-state index in [2.05, 4.69) is 28.8 Å². The van der Waals surface area contributed by atoms with E-state index in [4.69, 9.17) is 16.3 Å². The van der Waals surface area contributed by atoms with E-state index in [-0.39, 0.29) is 5.92 Å². The van der Waals surface area contributed by atoms with Crippen molar-refractivity contribution in [3.8, 4) is 29.4 Å². The lowest BCUT2D eigenvalue weighted by molar-refractivity contribution is -0.239. The van der Waals surface area contributed by atoms with Crippen LogP contribution >= 0.6 is 11.6 Å². The van der Waals surface area contributed by atoms with Crippen molar-refractivity contribution in [1.29, 1.82) is 0 Å². The van der Waals surface area contributed by atoms with Gasteiger partial charge in [0.2, 0.25) is 0 Å². The van der Waals surface area contributed by atoms with Gasteiger partial charge in [0.25, 0.3) is 0 Å². The largest absolute Gasteiger partial charge is 0.394 e. The Morgan fingerprint density at radius 2 is 2.07 bits per heavy atom. The van der Waals surface area contributed by atoms with Crippen LogP contribution in [0.2, 0.25) is 5.02 Å². The molecule has 30 heavy (non-hydrogen) atoms. The number of hydrogen-bond donors (Lipinski definition) is 4. The first-order valence-electron chi connectivity index (χ1n) is 9.60. The highest BCUT2D eigenvalue weighted by Gasteiger charge is 2.53. The number of aliphatic hydroxyl groups excluding tert-OH is 3. The molecule has 1 aromatic heterocycles. The highest BCUT2D eigenvalue weighted by atomic mass is 35.5. The van der Waals surface area contributed by atoms with Gasteiger partial charge in [0, 0.05) is 17.1 Å². The maximum absolute atomic E-state index is 11.0. The smallest absolute Gasteiger partial charge is 0.191 e. The molecule has 2 fully saturated rings. The molecular weight excluding hydrogens is 408 g/mol. The van der Waals surface area contributed by atoms with E-state index in [1.165, 1.54) is 0 Å². The van der Waals surface area contributed by atoms with Crippen LogP contribution in [0.15, 0.2) is 36.7 Å². The summed E-state index contributed by atoms with van der Waals surface area (Å²) in [5.41, 5.74) is -0.781. The monoisotopic (exact) mass is 428 g/mol. The average molecular weight is 429 g/mol. The summed E-state index contributed by atoms with van der Waals surface area (Å²) in [5, 5.41) is 46.0. The molecule has 2 heterocycles. The van der Waals surface area contributed by atoms with Crippen LogP contribution in [0.1, 0.15) is 18.4 Å². The number of ether oxygens (including phenoxy) is 1. The highest BCUT2D eigenvalue weighted by Crippen LogP contribution is 2.32. The molecule has 1 aliphatic carbocycles. The Balaban J connectivity index is 1.62. The predicted octanol–water partition coefficient (Wildman–Crippen LogP) is 0.503. The van der Waals surface area contributed by atoms with Gasteiger partial charge in [-0.3, -0.25) is 0 Å². The normalized spacial score (nSPS) is 30.7. The van der Waals surface area contributed by atoms with Crippen LogP contribution in [0.5, 0.6) is 0 Å². The van der Waals surface area contributed by atoms with E-state index < -0.39 is 36.6 Å². The Hall–Kier alpha value is -2.36. The first-order valence-corrected chi connectivity index (χ1v) is 9.98. The van der Waals surface area contributed by atoms with Crippen LogP contribution in [0.4, 0.5) is 0 Å². The quantitative estimate of drug-likeness (QED) is 0.519. The number of hydrogen-bond acceptors (Lipinski definition) is 6. The SMILES string of the molecule is OC[C@H]1O[C@H](C#Cc2cnn(-c3cccc(Cl)c3)c2)[C@](O)(C#CC2CC2)[C@@H](O)[C@@H]1O. The first-order chi connectivity index (χ1) is 14.4. The minimum atomic E-state index is -2.08. The van der Waals surface area contributed by atoms with Gasteiger partial charge in [-0.2, -0.15) is 5.10 Å². The molecular formula is C22H21ClN2O5. The standard InChI is InChI=1S/C22H21ClN2O5/c23-16-2-1-3-17(10-16)25-12-15(11-24-25)6-7-19-22(29,9-8-14-4-5-14)21(28)20(27)18(13-26)30-19/h1-3,10-12,14,18-21,26-29H,4-5,13H2/t18-,19-,20-,21+,22-/m1/s1. The fourth-order valence-electron chi connectivity index (χ4n) is 3.15. The van der Waals surface area contributed by atoms with Crippen LogP contribution in [-0.2, 0) is 4.74 Å². The Morgan fingerprint density at radius 3 is 2.77 bits per heavy atom. The molecule has 2 aliphatic rings. The summed E-state index contributed by atoms with van der Waals surface area (Å²) in [4.78, 5) is 0. The van der Waals surface area contributed by atoms with Crippen molar-refractivity contribution in [1.82, 2.24) is 9.78 Å². The van der Waals surface area contributed by atoms with Gasteiger partial charge in [0.1, 0.15) is 18.3 Å². The second-order valence-corrected chi connectivity index (χ2v) is 7.90. The molecule has 1 aromatic carbocycles. The summed E-state index contributed by atoms with van der Waals surface area (Å²) in [7, 11) is 0. The fraction of sp³-hybridized carbons (Fsp3) is 0.409. The van der Waals surface area contributed by atoms with Crippen LogP contribution < -0.4 is 0 Å². The van der Waals surface area contributed by atoms with Gasteiger partial charge in [-0.05, 0) is 31.0 Å². The number of halogens is 1. The minimum Gasteiger partial charge on any atom is -0.394 e. The van der Waals surface area contributed by atoms with Crippen molar-refractivity contribution in [2.75, 3.05) is 6.61 Å². The molecule has 1 saturated carbocycles. The summed E-state index contributed by atoms with van der Waals surface area (Å²) in [6, 6.07) is 7.17. The first kappa shape index (κ1) is 20.9. The Morgan fingerprint density at radius 1 is 1.27 bits per heavy atom. The Labute approximate surface area is 178 Å². The van der Waals surface area contributed by atoms with Crippen molar-refractivity contribution in [3.05, 3.63) is 47.2 Å². The molecule has 1 aliphatic heterocycles. The van der Waals surface area contributed by atoms with Crippen LogP contribution in [0, 0.1) is 29.6 Å². The van der Waals surface area contributed by atoms with Gasteiger partial charge >= 0.3 is 0 Å². The third-order valence-electron chi connectivity index (χ3n) is 5.10. The van der Waals surface area contributed by atoms with Gasteiger partial charge < -0.3 is 25.2 Å². The lowest BCUT2D eigenvalue weighted by atomic mass is 9.82. The second-order valence-electron chi connectivity index (χ2n) is 7.46. The van der Waals surface area contributed by atoms with E-state index in [9.17, 15) is 20.4 Å². The van der Waals surface area contributed by atoms with E-state index in [1.54, 1.807) is 35.3 Å². The maximum atomic E-state index is 11.0. The lowest BCUT2D eigenvalue weighted by Crippen LogP contribution is -2.65. The summed E-state index contributed by atoms with van der Waals surface area (Å²) in [6.45, 7) is -0.533. The molecule has 156 valence electrons. The third kappa shape index (κ3) is 4.23. The summed E-state index contributed by atoms with van der Waals surface area (Å²) in [6.07, 6.45) is -0.349. The van der Waals surface area contributed by atoms with Gasteiger partial charge in [-0.15, -0.1) is 0 Å². The highest BCUT2D eigenvalue weighted by molar-refractivity contribution is 6.30. The van der Waals surface area contributed by atoms with E-state index in [0.717, 1.165) is 18.5 Å². The number of aromatic nitrogens is 2. The molecule has 0 amide bonds. The fourth-order valence-corrected chi connectivity index (χ4v) is 3.34. The van der Waals surface area contributed by atoms with Crippen molar-refractivity contribution in [2.45, 2.75) is 42.9 Å². The van der Waals surface area contributed by atoms with Crippen molar-refractivity contribution < 1.29 is 25.2 Å². The van der Waals surface area contributed by atoms with Crippen LogP contribution in [0.3, 0.4) is 0 Å². The van der Waals surface area contributed by atoms with Crippen LogP contribution in [-0.4, -0.2) is 66.8 Å². The minimum absolute atomic E-state index is 0.165. The molecule has 8 heteroatoms. The molecule has 0 spiro atoms. The average Bonchev–Trinajstić information content (AvgIpc) is 3.46. The second kappa shape index (κ2) is 8.41. The van der Waals surface area contributed by atoms with E-state index in [1.807, 2.05) is 6.07 Å². The maximum Gasteiger partial charge on any atom is 0.191 e. The molecule has 2 aromatic rings. The zero-order chi connectivity index (χ0) is 21.3. The number of aliphatic hydroxyl groups is 4. The van der Waals surface area contributed by atoms with Gasteiger partial charge in [-0.1, -0.05) is 41.3 Å². The topological polar surface area (TPSA) is 108 Å². The molecule has 0 radical (unpaired) electrons. The van der Waals surface area contributed by atoms with E-state index >= 15 is 0 Å². The Bertz CT molecular complexity index is 1040. The zero-order valence-corrected chi connectivity index (χ0v) is 16.7. The Kier molecular flexibility index (Phi) is 5.86. The van der Waals surface area contributed by atoms with E-state index in [0.29, 0.717) is 10.6 Å². The molecule has 4 N–H and O–H groups in total. The number of rotatable bonds is 2. The molecule has 4 rings (SSSR count). The van der Waals surface area contributed by atoms with Gasteiger partial charge in [0.15, 0.2) is 11.7 Å².